The molecule has 0 aliphatic heterocycles. The third kappa shape index (κ3) is 4.00. The van der Waals surface area contributed by atoms with Gasteiger partial charge >= 0.3 is 5.97 Å². The number of nitrogens with zero attached hydrogens (tertiary/aromatic N) is 1. The van der Waals surface area contributed by atoms with E-state index in [9.17, 15) is 4.79 Å². The normalized spacial score (nSPS) is 10.5. The van der Waals surface area contributed by atoms with Gasteiger partial charge in [-0.1, -0.05) is 42.0 Å². The maximum absolute atomic E-state index is 10.8. The van der Waals surface area contributed by atoms with Crippen LogP contribution in [0.15, 0.2) is 53.9 Å². The first-order valence-corrected chi connectivity index (χ1v) is 8.44. The van der Waals surface area contributed by atoms with Gasteiger partial charge in [0, 0.05) is 5.38 Å². The van der Waals surface area contributed by atoms with Crippen LogP contribution in [0.5, 0.6) is 5.75 Å². The van der Waals surface area contributed by atoms with Crippen LogP contribution in [0.1, 0.15) is 16.8 Å². The van der Waals surface area contributed by atoms with E-state index in [1.54, 1.807) is 5.38 Å². The number of thiazole rings is 1. The minimum absolute atomic E-state index is 0.0667. The molecule has 1 N–H and O–H groups in total. The van der Waals surface area contributed by atoms with E-state index in [2.05, 4.69) is 24.0 Å². The highest BCUT2D eigenvalue weighted by Gasteiger charge is 2.12. The van der Waals surface area contributed by atoms with Crippen LogP contribution in [0.4, 0.5) is 0 Å². The van der Waals surface area contributed by atoms with Crippen molar-refractivity contribution in [2.45, 2.75) is 20.0 Å². The quantitative estimate of drug-likeness (QED) is 0.726. The summed E-state index contributed by atoms with van der Waals surface area (Å²) >= 11 is 1.43. The minimum Gasteiger partial charge on any atom is -0.488 e. The molecule has 0 unspecified atom stereocenters. The zero-order valence-electron chi connectivity index (χ0n) is 13.2. The summed E-state index contributed by atoms with van der Waals surface area (Å²) in [6.45, 7) is 2.53. The first-order valence-electron chi connectivity index (χ1n) is 7.56. The summed E-state index contributed by atoms with van der Waals surface area (Å²) in [7, 11) is 0. The number of aromatic nitrogens is 1. The summed E-state index contributed by atoms with van der Waals surface area (Å²) in [4.78, 5) is 15.2. The van der Waals surface area contributed by atoms with E-state index >= 15 is 0 Å². The summed E-state index contributed by atoms with van der Waals surface area (Å²) < 4.78 is 5.97. The Labute approximate surface area is 144 Å². The summed E-state index contributed by atoms with van der Waals surface area (Å²) in [5, 5.41) is 11.4. The molecule has 5 heteroatoms. The lowest BCUT2D eigenvalue weighted by Gasteiger charge is -2.10. The second-order valence-corrected chi connectivity index (χ2v) is 6.35. The van der Waals surface area contributed by atoms with Gasteiger partial charge < -0.3 is 9.84 Å². The SMILES string of the molecule is Cc1cccc(COc2ccccc2-c2nc(CC(=O)O)cs2)c1. The van der Waals surface area contributed by atoms with Crippen molar-refractivity contribution in [2.75, 3.05) is 0 Å². The number of hydrogen-bond donors (Lipinski definition) is 1. The average Bonchev–Trinajstić information content (AvgIpc) is 3.01. The average molecular weight is 339 g/mol. The molecule has 0 saturated heterocycles. The lowest BCUT2D eigenvalue weighted by molar-refractivity contribution is -0.136. The second-order valence-electron chi connectivity index (χ2n) is 5.49. The van der Waals surface area contributed by atoms with Gasteiger partial charge in [0.05, 0.1) is 17.7 Å². The van der Waals surface area contributed by atoms with Crippen molar-refractivity contribution in [1.82, 2.24) is 4.98 Å². The van der Waals surface area contributed by atoms with Gasteiger partial charge in [-0.3, -0.25) is 4.79 Å². The molecule has 3 rings (SSSR count). The monoisotopic (exact) mass is 339 g/mol. The fourth-order valence-electron chi connectivity index (χ4n) is 2.40. The lowest BCUT2D eigenvalue weighted by atomic mass is 10.1. The van der Waals surface area contributed by atoms with Crippen LogP contribution in [0, 0.1) is 6.92 Å². The van der Waals surface area contributed by atoms with Crippen molar-refractivity contribution in [3.05, 3.63) is 70.7 Å². The van der Waals surface area contributed by atoms with Crippen LogP contribution >= 0.6 is 11.3 Å². The molecule has 122 valence electrons. The molecular weight excluding hydrogens is 322 g/mol. The fraction of sp³-hybridized carbons (Fsp3) is 0.158. The van der Waals surface area contributed by atoms with Gasteiger partial charge in [-0.05, 0) is 24.6 Å². The van der Waals surface area contributed by atoms with E-state index in [0.717, 1.165) is 21.9 Å². The number of aliphatic carboxylic acids is 1. The first kappa shape index (κ1) is 16.2. The maximum atomic E-state index is 10.8. The molecule has 0 aliphatic rings. The topological polar surface area (TPSA) is 59.4 Å². The van der Waals surface area contributed by atoms with Gasteiger partial charge in [-0.2, -0.15) is 0 Å². The van der Waals surface area contributed by atoms with E-state index < -0.39 is 5.97 Å². The first-order chi connectivity index (χ1) is 11.6. The van der Waals surface area contributed by atoms with Crippen molar-refractivity contribution in [3.63, 3.8) is 0 Å². The lowest BCUT2D eigenvalue weighted by Crippen LogP contribution is -2.00. The number of carboxylic acids is 1. The second kappa shape index (κ2) is 7.27. The Morgan fingerprint density at radius 3 is 2.83 bits per heavy atom. The van der Waals surface area contributed by atoms with E-state index in [1.807, 2.05) is 36.4 Å². The van der Waals surface area contributed by atoms with Crippen LogP contribution in [0.25, 0.3) is 10.6 Å². The molecule has 0 amide bonds. The molecule has 0 fully saturated rings. The highest BCUT2D eigenvalue weighted by molar-refractivity contribution is 7.13. The van der Waals surface area contributed by atoms with Crippen LogP contribution in [-0.2, 0) is 17.8 Å². The Morgan fingerprint density at radius 1 is 1.21 bits per heavy atom. The maximum Gasteiger partial charge on any atom is 0.309 e. The van der Waals surface area contributed by atoms with Crippen molar-refractivity contribution >= 4 is 17.3 Å². The number of hydrogen-bond acceptors (Lipinski definition) is 4. The molecule has 0 radical (unpaired) electrons. The molecule has 3 aromatic rings. The highest BCUT2D eigenvalue weighted by atomic mass is 32.1. The third-order valence-corrected chi connectivity index (χ3v) is 4.40. The molecule has 0 aliphatic carbocycles. The number of carbonyl (C=O) groups is 1. The van der Waals surface area contributed by atoms with Crippen molar-refractivity contribution in [2.24, 2.45) is 0 Å². The number of carboxylic acid groups (broad SMARTS) is 1. The minimum atomic E-state index is -0.879. The zero-order valence-corrected chi connectivity index (χ0v) is 14.0. The molecule has 4 nitrogen and oxygen atoms in total. The largest absolute Gasteiger partial charge is 0.488 e. The van der Waals surface area contributed by atoms with Crippen molar-refractivity contribution in [1.29, 1.82) is 0 Å². The Balaban J connectivity index is 1.80. The van der Waals surface area contributed by atoms with Gasteiger partial charge in [0.15, 0.2) is 0 Å². The van der Waals surface area contributed by atoms with E-state index in [4.69, 9.17) is 9.84 Å². The van der Waals surface area contributed by atoms with Crippen LogP contribution in [-0.4, -0.2) is 16.1 Å². The van der Waals surface area contributed by atoms with Crippen molar-refractivity contribution in [3.8, 4) is 16.3 Å². The summed E-state index contributed by atoms with van der Waals surface area (Å²) in [5.41, 5.74) is 3.75. The Bertz CT molecular complexity index is 857. The van der Waals surface area contributed by atoms with E-state index in [0.29, 0.717) is 12.3 Å². The molecule has 0 saturated carbocycles. The molecular formula is C19H17NO3S. The molecule has 0 spiro atoms. The van der Waals surface area contributed by atoms with Gasteiger partial charge in [0.25, 0.3) is 0 Å². The highest BCUT2D eigenvalue weighted by Crippen LogP contribution is 2.32. The molecule has 1 aromatic heterocycles. The molecule has 24 heavy (non-hydrogen) atoms. The Morgan fingerprint density at radius 2 is 2.04 bits per heavy atom. The number of para-hydroxylation sites is 1. The molecule has 1 heterocycles. The van der Waals surface area contributed by atoms with Gasteiger partial charge in [0.2, 0.25) is 0 Å². The summed E-state index contributed by atoms with van der Waals surface area (Å²) in [5.74, 6) is -0.133. The number of benzene rings is 2. The summed E-state index contributed by atoms with van der Waals surface area (Å²) in [6.07, 6.45) is -0.0667. The number of rotatable bonds is 6. The van der Waals surface area contributed by atoms with Gasteiger partial charge in [-0.25, -0.2) is 4.98 Å². The smallest absolute Gasteiger partial charge is 0.309 e. The standard InChI is InChI=1S/C19H17NO3S/c1-13-5-4-6-14(9-13)11-23-17-8-3-2-7-16(17)19-20-15(12-24-19)10-18(21)22/h2-9,12H,10-11H2,1H3,(H,21,22). The molecule has 0 bridgehead atoms. The predicted octanol–water partition coefficient (Wildman–Crippen LogP) is 4.32. The van der Waals surface area contributed by atoms with E-state index in [-0.39, 0.29) is 6.42 Å². The van der Waals surface area contributed by atoms with Crippen LogP contribution in [0.3, 0.4) is 0 Å². The number of ether oxygens (including phenoxy) is 1. The van der Waals surface area contributed by atoms with Crippen LogP contribution in [0.2, 0.25) is 0 Å². The fourth-order valence-corrected chi connectivity index (χ4v) is 3.25. The van der Waals surface area contributed by atoms with Gasteiger partial charge in [0.1, 0.15) is 17.4 Å². The van der Waals surface area contributed by atoms with Crippen molar-refractivity contribution < 1.29 is 14.6 Å². The number of aryl methyl sites for hydroxylation is 1. The molecule has 2 aromatic carbocycles. The zero-order chi connectivity index (χ0) is 16.9. The Kier molecular flexibility index (Phi) is 4.91. The summed E-state index contributed by atoms with van der Waals surface area (Å²) in [6, 6.07) is 15.9. The van der Waals surface area contributed by atoms with E-state index in [1.165, 1.54) is 16.9 Å². The molecule has 0 atom stereocenters. The van der Waals surface area contributed by atoms with Gasteiger partial charge in [-0.15, -0.1) is 11.3 Å². The van der Waals surface area contributed by atoms with Crippen LogP contribution < -0.4 is 4.74 Å². The Hall–Kier alpha value is -2.66. The third-order valence-electron chi connectivity index (χ3n) is 3.48. The predicted molar refractivity (Wildman–Crippen MR) is 94.4 cm³/mol.